The number of nitrogens with zero attached hydrogens (tertiary/aromatic N) is 1. The van der Waals surface area contributed by atoms with Crippen LogP contribution in [0, 0.1) is 18.3 Å². The van der Waals surface area contributed by atoms with Crippen LogP contribution in [0.4, 0.5) is 13.2 Å². The maximum Gasteiger partial charge on any atom is 0.419 e. The van der Waals surface area contributed by atoms with E-state index in [0.717, 1.165) is 6.07 Å². The van der Waals surface area contributed by atoms with Gasteiger partial charge in [0.05, 0.1) is 11.1 Å². The van der Waals surface area contributed by atoms with Crippen LogP contribution in [0.3, 0.4) is 0 Å². The van der Waals surface area contributed by atoms with Gasteiger partial charge in [0.1, 0.15) is 17.6 Å². The van der Waals surface area contributed by atoms with E-state index < -0.39 is 11.7 Å². The molecular weight excluding hydrogens is 347 g/mol. The van der Waals surface area contributed by atoms with Crippen LogP contribution < -0.4 is 4.74 Å². The van der Waals surface area contributed by atoms with Gasteiger partial charge in [-0.1, -0.05) is 12.1 Å². The molecule has 6 heteroatoms. The number of hydrogen-bond donors (Lipinski definition) is 0. The lowest BCUT2D eigenvalue weighted by molar-refractivity contribution is -0.138. The second kappa shape index (κ2) is 5.78. The van der Waals surface area contributed by atoms with Gasteiger partial charge in [-0.2, -0.15) is 18.4 Å². The summed E-state index contributed by atoms with van der Waals surface area (Å²) in [6.45, 7) is 1.67. The zero-order valence-electron chi connectivity index (χ0n) is 10.8. The van der Waals surface area contributed by atoms with Crippen molar-refractivity contribution in [3.05, 3.63) is 57.6 Å². The lowest BCUT2D eigenvalue weighted by atomic mass is 10.1. The quantitative estimate of drug-likeness (QED) is 0.718. The molecule has 0 unspecified atom stereocenters. The first kappa shape index (κ1) is 15.4. The molecule has 2 nitrogen and oxygen atoms in total. The number of alkyl halides is 3. The van der Waals surface area contributed by atoms with Gasteiger partial charge in [-0.25, -0.2) is 0 Å². The first-order valence-corrected chi connectivity index (χ1v) is 6.66. The van der Waals surface area contributed by atoms with Crippen LogP contribution in [0.1, 0.15) is 16.7 Å². The molecule has 21 heavy (non-hydrogen) atoms. The van der Waals surface area contributed by atoms with Gasteiger partial charge in [0, 0.05) is 4.47 Å². The van der Waals surface area contributed by atoms with Crippen molar-refractivity contribution < 1.29 is 17.9 Å². The van der Waals surface area contributed by atoms with E-state index in [1.807, 2.05) is 6.07 Å². The largest absolute Gasteiger partial charge is 0.456 e. The minimum atomic E-state index is -4.49. The highest BCUT2D eigenvalue weighted by atomic mass is 79.9. The fourth-order valence-electron chi connectivity index (χ4n) is 1.77. The molecule has 0 amide bonds. The van der Waals surface area contributed by atoms with Crippen molar-refractivity contribution in [2.24, 2.45) is 0 Å². The predicted octanol–water partition coefficient (Wildman–Crippen LogP) is 5.44. The molecule has 0 bridgehead atoms. The summed E-state index contributed by atoms with van der Waals surface area (Å²) in [7, 11) is 0. The molecule has 0 aliphatic carbocycles. The Morgan fingerprint density at radius 2 is 1.81 bits per heavy atom. The topological polar surface area (TPSA) is 33.0 Å². The summed E-state index contributed by atoms with van der Waals surface area (Å²) in [6, 6.07) is 10.0. The molecule has 0 saturated heterocycles. The van der Waals surface area contributed by atoms with Crippen LogP contribution in [-0.2, 0) is 6.18 Å². The normalized spacial score (nSPS) is 11.0. The first-order valence-electron chi connectivity index (χ1n) is 5.87. The summed E-state index contributed by atoms with van der Waals surface area (Å²) in [5, 5.41) is 8.90. The predicted molar refractivity (Wildman–Crippen MR) is 75.1 cm³/mol. The SMILES string of the molecule is Cc1cc(C#N)c(Br)cc1Oc1ccccc1C(F)(F)F. The van der Waals surface area contributed by atoms with E-state index in [-0.39, 0.29) is 11.5 Å². The average Bonchev–Trinajstić information content (AvgIpc) is 2.42. The van der Waals surface area contributed by atoms with Crippen molar-refractivity contribution in [3.63, 3.8) is 0 Å². The van der Waals surface area contributed by atoms with Gasteiger partial charge in [0.25, 0.3) is 0 Å². The Labute approximate surface area is 127 Å². The van der Waals surface area contributed by atoms with Gasteiger partial charge in [0.15, 0.2) is 0 Å². The monoisotopic (exact) mass is 355 g/mol. The summed E-state index contributed by atoms with van der Waals surface area (Å²) < 4.78 is 44.6. The van der Waals surface area contributed by atoms with Crippen molar-refractivity contribution in [2.45, 2.75) is 13.1 Å². The Morgan fingerprint density at radius 1 is 1.14 bits per heavy atom. The van der Waals surface area contributed by atoms with Crippen LogP contribution in [0.15, 0.2) is 40.9 Å². The third kappa shape index (κ3) is 3.37. The number of nitriles is 1. The Morgan fingerprint density at radius 3 is 2.43 bits per heavy atom. The minimum absolute atomic E-state index is 0.262. The van der Waals surface area contributed by atoms with Gasteiger partial charge in [0.2, 0.25) is 0 Å². The Balaban J connectivity index is 2.45. The molecule has 0 aliphatic rings. The molecule has 2 rings (SSSR count). The summed E-state index contributed by atoms with van der Waals surface area (Å²) in [4.78, 5) is 0. The molecule has 108 valence electrons. The van der Waals surface area contributed by atoms with E-state index in [2.05, 4.69) is 15.9 Å². The van der Waals surface area contributed by atoms with E-state index >= 15 is 0 Å². The molecule has 0 aliphatic heterocycles. The highest BCUT2D eigenvalue weighted by Gasteiger charge is 2.34. The number of hydrogen-bond acceptors (Lipinski definition) is 2. The zero-order valence-corrected chi connectivity index (χ0v) is 12.4. The molecule has 0 spiro atoms. The molecular formula is C15H9BrF3NO. The van der Waals surface area contributed by atoms with Crippen LogP contribution >= 0.6 is 15.9 Å². The third-order valence-corrected chi connectivity index (χ3v) is 3.45. The average molecular weight is 356 g/mol. The summed E-state index contributed by atoms with van der Waals surface area (Å²) in [6.07, 6.45) is -4.49. The van der Waals surface area contributed by atoms with Crippen molar-refractivity contribution in [1.29, 1.82) is 5.26 Å². The van der Waals surface area contributed by atoms with Crippen LogP contribution in [0.2, 0.25) is 0 Å². The Kier molecular flexibility index (Phi) is 4.24. The fraction of sp³-hybridized carbons (Fsp3) is 0.133. The molecule has 2 aromatic carbocycles. The molecule has 0 fully saturated rings. The number of aryl methyl sites for hydroxylation is 1. The number of ether oxygens (including phenoxy) is 1. The number of halogens is 4. The van der Waals surface area contributed by atoms with Crippen molar-refractivity contribution >= 4 is 15.9 Å². The van der Waals surface area contributed by atoms with Gasteiger partial charge in [-0.15, -0.1) is 0 Å². The van der Waals surface area contributed by atoms with Gasteiger partial charge < -0.3 is 4.74 Å². The smallest absolute Gasteiger partial charge is 0.419 e. The standard InChI is InChI=1S/C15H9BrF3NO/c1-9-6-10(8-20)12(16)7-14(9)21-13-5-3-2-4-11(13)15(17,18)19/h2-7H,1H3. The first-order chi connectivity index (χ1) is 9.82. The van der Waals surface area contributed by atoms with Crippen molar-refractivity contribution in [3.8, 4) is 17.6 Å². The molecule has 0 radical (unpaired) electrons. The lowest BCUT2D eigenvalue weighted by Crippen LogP contribution is -2.07. The highest BCUT2D eigenvalue weighted by Crippen LogP contribution is 2.39. The molecule has 0 heterocycles. The molecule has 0 N–H and O–H groups in total. The molecule has 0 aromatic heterocycles. The van der Waals surface area contributed by atoms with Crippen molar-refractivity contribution in [1.82, 2.24) is 0 Å². The summed E-state index contributed by atoms with van der Waals surface area (Å²) in [5.41, 5.74) is 0.126. The third-order valence-electron chi connectivity index (χ3n) is 2.80. The van der Waals surface area contributed by atoms with E-state index in [9.17, 15) is 13.2 Å². The number of para-hydroxylation sites is 1. The minimum Gasteiger partial charge on any atom is -0.456 e. The van der Waals surface area contributed by atoms with Crippen LogP contribution in [-0.4, -0.2) is 0 Å². The van der Waals surface area contributed by atoms with E-state index in [4.69, 9.17) is 10.00 Å². The summed E-state index contributed by atoms with van der Waals surface area (Å²) >= 11 is 3.19. The maximum atomic E-state index is 12.9. The maximum absolute atomic E-state index is 12.9. The van der Waals surface area contributed by atoms with Crippen molar-refractivity contribution in [2.75, 3.05) is 0 Å². The second-order valence-corrected chi connectivity index (χ2v) is 5.16. The highest BCUT2D eigenvalue weighted by molar-refractivity contribution is 9.10. The lowest BCUT2D eigenvalue weighted by Gasteiger charge is -2.15. The second-order valence-electron chi connectivity index (χ2n) is 4.31. The van der Waals surface area contributed by atoms with Crippen LogP contribution in [0.5, 0.6) is 11.5 Å². The van der Waals surface area contributed by atoms with E-state index in [1.165, 1.54) is 24.3 Å². The summed E-state index contributed by atoms with van der Waals surface area (Å²) in [5.74, 6) is -0.0118. The van der Waals surface area contributed by atoms with Gasteiger partial charge >= 0.3 is 6.18 Å². The Hall–Kier alpha value is -2.00. The number of rotatable bonds is 2. The zero-order chi connectivity index (χ0) is 15.6. The number of benzene rings is 2. The molecule has 0 saturated carbocycles. The van der Waals surface area contributed by atoms with E-state index in [0.29, 0.717) is 15.6 Å². The molecule has 0 atom stereocenters. The van der Waals surface area contributed by atoms with Gasteiger partial charge in [-0.05, 0) is 52.7 Å². The Bertz CT molecular complexity index is 720. The van der Waals surface area contributed by atoms with Gasteiger partial charge in [-0.3, -0.25) is 0 Å². The molecule has 2 aromatic rings. The van der Waals surface area contributed by atoms with E-state index in [1.54, 1.807) is 13.0 Å². The van der Waals surface area contributed by atoms with Crippen LogP contribution in [0.25, 0.3) is 0 Å². The fourth-order valence-corrected chi connectivity index (χ4v) is 2.18.